The number of benzene rings is 2. The van der Waals surface area contributed by atoms with Crippen molar-refractivity contribution < 1.29 is 17.7 Å². The first-order valence-electron chi connectivity index (χ1n) is 8.13. The van der Waals surface area contributed by atoms with Gasteiger partial charge in [-0.2, -0.15) is 22.8 Å². The van der Waals surface area contributed by atoms with E-state index < -0.39 is 11.7 Å². The molecule has 4 aromatic rings. The van der Waals surface area contributed by atoms with Gasteiger partial charge in [-0.25, -0.2) is 0 Å². The highest BCUT2D eigenvalue weighted by Gasteiger charge is 2.31. The molecule has 2 aromatic heterocycles. The molecule has 0 atom stereocenters. The Morgan fingerprint density at radius 2 is 1.86 bits per heavy atom. The van der Waals surface area contributed by atoms with E-state index in [0.717, 1.165) is 27.9 Å². The number of nitrogens with zero attached hydrogens (tertiary/aromatic N) is 5. The summed E-state index contributed by atoms with van der Waals surface area (Å²) in [5.41, 5.74) is 7.15. The average Bonchev–Trinajstić information content (AvgIpc) is 3.28. The Bertz CT molecular complexity index is 1150. The lowest BCUT2D eigenvalue weighted by Gasteiger charge is -2.09. The van der Waals surface area contributed by atoms with Crippen LogP contribution < -0.4 is 5.73 Å². The lowest BCUT2D eigenvalue weighted by molar-refractivity contribution is -0.137. The molecule has 28 heavy (non-hydrogen) atoms. The maximum absolute atomic E-state index is 12.9. The standard InChI is InChI=1S/C18H13F3N6O/c1-10-5-2-3-8-13(10)16-23-17(28-25-16)14-15(22)27(26-24-14)12-7-4-6-11(9-12)18(19,20)21/h2-9H,22H2,1H3. The Balaban J connectivity index is 1.72. The normalized spacial score (nSPS) is 11.7. The lowest BCUT2D eigenvalue weighted by Crippen LogP contribution is -2.08. The van der Waals surface area contributed by atoms with Gasteiger partial charge in [0.05, 0.1) is 11.3 Å². The zero-order chi connectivity index (χ0) is 19.9. The van der Waals surface area contributed by atoms with Crippen LogP contribution in [-0.4, -0.2) is 25.1 Å². The third-order valence-electron chi connectivity index (χ3n) is 4.14. The number of halogens is 3. The SMILES string of the molecule is Cc1ccccc1-c1noc(-c2nnn(-c3cccc(C(F)(F)F)c3)c2N)n1. The summed E-state index contributed by atoms with van der Waals surface area (Å²) < 4.78 is 45.1. The van der Waals surface area contributed by atoms with E-state index in [2.05, 4.69) is 20.5 Å². The number of hydrogen-bond acceptors (Lipinski definition) is 6. The fraction of sp³-hybridized carbons (Fsp3) is 0.111. The van der Waals surface area contributed by atoms with Crippen LogP contribution in [-0.2, 0) is 6.18 Å². The highest BCUT2D eigenvalue weighted by atomic mass is 19.4. The van der Waals surface area contributed by atoms with E-state index in [-0.39, 0.29) is 23.1 Å². The van der Waals surface area contributed by atoms with E-state index in [0.29, 0.717) is 5.82 Å². The Morgan fingerprint density at radius 3 is 2.61 bits per heavy atom. The molecular formula is C18H13F3N6O. The van der Waals surface area contributed by atoms with Gasteiger partial charge in [0.25, 0.3) is 5.89 Å². The highest BCUT2D eigenvalue weighted by Crippen LogP contribution is 2.32. The molecule has 0 fully saturated rings. The van der Waals surface area contributed by atoms with Gasteiger partial charge in [0, 0.05) is 5.56 Å². The first-order chi connectivity index (χ1) is 13.3. The molecule has 0 saturated carbocycles. The van der Waals surface area contributed by atoms with E-state index in [1.807, 2.05) is 31.2 Å². The molecule has 7 nitrogen and oxygen atoms in total. The van der Waals surface area contributed by atoms with Gasteiger partial charge in [0.1, 0.15) is 0 Å². The van der Waals surface area contributed by atoms with Crippen molar-refractivity contribution in [3.05, 3.63) is 59.7 Å². The van der Waals surface area contributed by atoms with Crippen molar-refractivity contribution in [1.82, 2.24) is 25.1 Å². The van der Waals surface area contributed by atoms with Gasteiger partial charge in [-0.15, -0.1) is 5.10 Å². The second kappa shape index (κ2) is 6.48. The van der Waals surface area contributed by atoms with Crippen molar-refractivity contribution in [3.63, 3.8) is 0 Å². The molecule has 0 aliphatic heterocycles. The monoisotopic (exact) mass is 386 g/mol. The molecule has 4 rings (SSSR count). The second-order valence-corrected chi connectivity index (χ2v) is 6.02. The van der Waals surface area contributed by atoms with Crippen LogP contribution in [0, 0.1) is 6.92 Å². The molecule has 0 aliphatic carbocycles. The van der Waals surface area contributed by atoms with E-state index in [4.69, 9.17) is 10.3 Å². The number of anilines is 1. The van der Waals surface area contributed by atoms with Crippen LogP contribution >= 0.6 is 0 Å². The molecule has 2 aromatic carbocycles. The third-order valence-corrected chi connectivity index (χ3v) is 4.14. The number of aromatic nitrogens is 5. The van der Waals surface area contributed by atoms with Gasteiger partial charge in [-0.1, -0.05) is 40.7 Å². The molecule has 0 radical (unpaired) electrons. The quantitative estimate of drug-likeness (QED) is 0.574. The highest BCUT2D eigenvalue weighted by molar-refractivity contribution is 5.67. The fourth-order valence-electron chi connectivity index (χ4n) is 2.70. The van der Waals surface area contributed by atoms with E-state index in [1.165, 1.54) is 12.1 Å². The number of nitrogen functional groups attached to an aromatic ring is 1. The Kier molecular flexibility index (Phi) is 4.10. The van der Waals surface area contributed by atoms with Crippen LogP contribution in [0.4, 0.5) is 19.0 Å². The Morgan fingerprint density at radius 1 is 1.07 bits per heavy atom. The number of rotatable bonds is 3. The van der Waals surface area contributed by atoms with Gasteiger partial charge < -0.3 is 10.3 Å². The molecule has 0 amide bonds. The first kappa shape index (κ1) is 17.7. The average molecular weight is 386 g/mol. The minimum Gasteiger partial charge on any atom is -0.382 e. The van der Waals surface area contributed by atoms with Gasteiger partial charge in [-0.3, -0.25) is 0 Å². The maximum Gasteiger partial charge on any atom is 0.416 e. The maximum atomic E-state index is 12.9. The molecular weight excluding hydrogens is 373 g/mol. The number of nitrogens with two attached hydrogens (primary N) is 1. The summed E-state index contributed by atoms with van der Waals surface area (Å²) in [6.07, 6.45) is -4.48. The van der Waals surface area contributed by atoms with Gasteiger partial charge >= 0.3 is 6.18 Å². The number of aryl methyl sites for hydroxylation is 1. The minimum absolute atomic E-state index is 0.0145. The van der Waals surface area contributed by atoms with E-state index in [1.54, 1.807) is 0 Å². The molecule has 0 saturated heterocycles. The second-order valence-electron chi connectivity index (χ2n) is 6.02. The van der Waals surface area contributed by atoms with Crippen LogP contribution in [0.2, 0.25) is 0 Å². The van der Waals surface area contributed by atoms with Gasteiger partial charge in [0.2, 0.25) is 5.82 Å². The van der Waals surface area contributed by atoms with Crippen molar-refractivity contribution in [2.75, 3.05) is 5.73 Å². The summed E-state index contributed by atoms with van der Waals surface area (Å²) in [4.78, 5) is 4.28. The summed E-state index contributed by atoms with van der Waals surface area (Å²) in [6.45, 7) is 1.91. The zero-order valence-electron chi connectivity index (χ0n) is 14.5. The van der Waals surface area contributed by atoms with Crippen LogP contribution in [0.15, 0.2) is 53.1 Å². The Labute approximate surface area is 156 Å². The number of alkyl halides is 3. The summed E-state index contributed by atoms with van der Waals surface area (Å²) in [7, 11) is 0. The largest absolute Gasteiger partial charge is 0.416 e. The molecule has 142 valence electrons. The van der Waals surface area contributed by atoms with Crippen molar-refractivity contribution in [1.29, 1.82) is 0 Å². The fourth-order valence-corrected chi connectivity index (χ4v) is 2.70. The smallest absolute Gasteiger partial charge is 0.382 e. The predicted molar refractivity (Wildman–Crippen MR) is 94.2 cm³/mol. The zero-order valence-corrected chi connectivity index (χ0v) is 14.5. The van der Waals surface area contributed by atoms with Crippen LogP contribution in [0.5, 0.6) is 0 Å². The topological polar surface area (TPSA) is 95.7 Å². The van der Waals surface area contributed by atoms with Crippen molar-refractivity contribution in [2.24, 2.45) is 0 Å². The first-order valence-corrected chi connectivity index (χ1v) is 8.13. The molecule has 0 bridgehead atoms. The molecule has 0 aliphatic rings. The summed E-state index contributed by atoms with van der Waals surface area (Å²) in [5, 5.41) is 11.7. The lowest BCUT2D eigenvalue weighted by atomic mass is 10.1. The predicted octanol–water partition coefficient (Wildman–Crippen LogP) is 3.89. The Hall–Kier alpha value is -3.69. The summed E-state index contributed by atoms with van der Waals surface area (Å²) in [6, 6.07) is 12.1. The molecule has 0 spiro atoms. The van der Waals surface area contributed by atoms with Crippen molar-refractivity contribution in [3.8, 4) is 28.7 Å². The third kappa shape index (κ3) is 3.08. The summed E-state index contributed by atoms with van der Waals surface area (Å²) in [5.74, 6) is 0.356. The van der Waals surface area contributed by atoms with E-state index in [9.17, 15) is 13.2 Å². The van der Waals surface area contributed by atoms with Crippen molar-refractivity contribution >= 4 is 5.82 Å². The molecule has 2 heterocycles. The molecule has 0 unspecified atom stereocenters. The van der Waals surface area contributed by atoms with Crippen LogP contribution in [0.3, 0.4) is 0 Å². The molecule has 10 heteroatoms. The van der Waals surface area contributed by atoms with Crippen molar-refractivity contribution in [2.45, 2.75) is 13.1 Å². The number of hydrogen-bond donors (Lipinski definition) is 1. The summed E-state index contributed by atoms with van der Waals surface area (Å²) >= 11 is 0. The van der Waals surface area contributed by atoms with Gasteiger partial charge in [0.15, 0.2) is 11.5 Å². The van der Waals surface area contributed by atoms with Gasteiger partial charge in [-0.05, 0) is 30.7 Å². The van der Waals surface area contributed by atoms with Crippen LogP contribution in [0.1, 0.15) is 11.1 Å². The van der Waals surface area contributed by atoms with Crippen LogP contribution in [0.25, 0.3) is 28.7 Å². The molecule has 2 N–H and O–H groups in total. The van der Waals surface area contributed by atoms with E-state index >= 15 is 0 Å². The minimum atomic E-state index is -4.48.